The Morgan fingerprint density at radius 3 is 2.79 bits per heavy atom. The second kappa shape index (κ2) is 10.9. The van der Waals surface area contributed by atoms with Crippen LogP contribution in [0.5, 0.6) is 5.88 Å². The number of carbonyl (C=O) groups is 2. The summed E-state index contributed by atoms with van der Waals surface area (Å²) in [7, 11) is 1.82. The van der Waals surface area contributed by atoms with E-state index in [1.165, 1.54) is 5.57 Å². The molecule has 1 aliphatic carbocycles. The van der Waals surface area contributed by atoms with Crippen molar-refractivity contribution in [2.75, 3.05) is 40.0 Å². The zero-order chi connectivity index (χ0) is 24.2. The molecule has 1 saturated heterocycles. The summed E-state index contributed by atoms with van der Waals surface area (Å²) < 4.78 is 11.7. The van der Waals surface area contributed by atoms with Crippen molar-refractivity contribution in [3.8, 4) is 5.88 Å². The third-order valence-electron chi connectivity index (χ3n) is 7.33. The first-order chi connectivity index (χ1) is 16.4. The van der Waals surface area contributed by atoms with Crippen LogP contribution in [0.15, 0.2) is 18.3 Å². The van der Waals surface area contributed by atoms with Gasteiger partial charge in [0.2, 0.25) is 11.8 Å². The van der Waals surface area contributed by atoms with Gasteiger partial charge in [0.15, 0.2) is 0 Å². The zero-order valence-electron chi connectivity index (χ0n) is 20.5. The molecule has 0 bridgehead atoms. The SMILES string of the molecule is C[C@H](CO)N1C[C@H](C)[C@H](CN(C)C(=O)C2CCOCC2)Oc2ncc(C3=CCCC3)cc2C1=O. The minimum Gasteiger partial charge on any atom is -0.472 e. The standard InChI is InChI=1S/C26H37N3O5/c1-17-14-29(18(2)16-30)26(32)22-12-21(19-6-4-5-7-19)13-27-24(22)34-23(17)15-28(3)25(31)20-8-10-33-11-9-20/h6,12-13,17-18,20,23,30H,4-5,7-11,14-16H2,1-3H3/t17-,18+,23-/m0/s1. The molecule has 4 rings (SSSR count). The number of aromatic nitrogens is 1. The lowest BCUT2D eigenvalue weighted by Gasteiger charge is -2.38. The molecule has 2 aliphatic heterocycles. The number of allylic oxidation sites excluding steroid dienone is 2. The maximum Gasteiger partial charge on any atom is 0.259 e. The Kier molecular flexibility index (Phi) is 7.88. The van der Waals surface area contributed by atoms with E-state index in [0.29, 0.717) is 37.7 Å². The summed E-state index contributed by atoms with van der Waals surface area (Å²) in [4.78, 5) is 34.6. The number of ether oxygens (including phenoxy) is 2. The van der Waals surface area contributed by atoms with Crippen LogP contribution < -0.4 is 4.74 Å². The molecule has 1 aromatic heterocycles. The highest BCUT2D eigenvalue weighted by atomic mass is 16.5. The average Bonchev–Trinajstić information content (AvgIpc) is 3.40. The lowest BCUT2D eigenvalue weighted by atomic mass is 9.96. The number of hydrogen-bond acceptors (Lipinski definition) is 6. The van der Waals surface area contributed by atoms with Gasteiger partial charge >= 0.3 is 0 Å². The highest BCUT2D eigenvalue weighted by Gasteiger charge is 2.35. The van der Waals surface area contributed by atoms with Crippen molar-refractivity contribution in [3.63, 3.8) is 0 Å². The molecular formula is C26H37N3O5. The molecule has 0 radical (unpaired) electrons. The highest BCUT2D eigenvalue weighted by molar-refractivity contribution is 5.97. The summed E-state index contributed by atoms with van der Waals surface area (Å²) in [6, 6.07) is 1.54. The Hall–Kier alpha value is -2.45. The number of carbonyl (C=O) groups excluding carboxylic acids is 2. The normalized spacial score (nSPS) is 24.5. The van der Waals surface area contributed by atoms with Crippen molar-refractivity contribution in [1.82, 2.24) is 14.8 Å². The minimum absolute atomic E-state index is 0.0252. The molecule has 3 atom stereocenters. The maximum absolute atomic E-state index is 13.5. The molecule has 0 spiro atoms. The van der Waals surface area contributed by atoms with Gasteiger partial charge in [-0.05, 0) is 56.2 Å². The molecule has 0 unspecified atom stereocenters. The molecular weight excluding hydrogens is 434 g/mol. The van der Waals surface area contributed by atoms with E-state index in [9.17, 15) is 14.7 Å². The largest absolute Gasteiger partial charge is 0.472 e. The maximum atomic E-state index is 13.5. The van der Waals surface area contributed by atoms with Crippen molar-refractivity contribution < 1.29 is 24.2 Å². The van der Waals surface area contributed by atoms with Gasteiger partial charge in [0.05, 0.1) is 19.2 Å². The van der Waals surface area contributed by atoms with Gasteiger partial charge in [-0.15, -0.1) is 0 Å². The molecule has 1 aromatic rings. The second-order valence-corrected chi connectivity index (χ2v) is 9.93. The van der Waals surface area contributed by atoms with Gasteiger partial charge in [0.25, 0.3) is 5.91 Å². The van der Waals surface area contributed by atoms with Gasteiger partial charge in [-0.3, -0.25) is 9.59 Å². The van der Waals surface area contributed by atoms with Gasteiger partial charge < -0.3 is 24.4 Å². The van der Waals surface area contributed by atoms with Crippen LogP contribution in [0.3, 0.4) is 0 Å². The van der Waals surface area contributed by atoms with E-state index in [4.69, 9.17) is 9.47 Å². The predicted octanol–water partition coefficient (Wildman–Crippen LogP) is 2.75. The molecule has 34 heavy (non-hydrogen) atoms. The van der Waals surface area contributed by atoms with Gasteiger partial charge in [-0.2, -0.15) is 0 Å². The van der Waals surface area contributed by atoms with E-state index >= 15 is 0 Å². The van der Waals surface area contributed by atoms with Crippen LogP contribution in [-0.2, 0) is 9.53 Å². The van der Waals surface area contributed by atoms with Crippen molar-refractivity contribution >= 4 is 17.4 Å². The summed E-state index contributed by atoms with van der Waals surface area (Å²) in [5.41, 5.74) is 2.57. The monoisotopic (exact) mass is 471 g/mol. The summed E-state index contributed by atoms with van der Waals surface area (Å²) in [5, 5.41) is 9.84. The molecule has 8 heteroatoms. The Bertz CT molecular complexity index is 927. The average molecular weight is 472 g/mol. The molecule has 3 aliphatic rings. The number of hydrogen-bond donors (Lipinski definition) is 1. The molecule has 0 saturated carbocycles. The quantitative estimate of drug-likeness (QED) is 0.686. The van der Waals surface area contributed by atoms with E-state index in [-0.39, 0.29) is 42.4 Å². The van der Waals surface area contributed by atoms with E-state index in [2.05, 4.69) is 11.1 Å². The fraction of sp³-hybridized carbons (Fsp3) is 0.654. The Labute approximate surface area is 201 Å². The number of nitrogens with zero attached hydrogens (tertiary/aromatic N) is 3. The molecule has 186 valence electrons. The fourth-order valence-electron chi connectivity index (χ4n) is 5.04. The molecule has 2 amide bonds. The molecule has 1 fully saturated rings. The second-order valence-electron chi connectivity index (χ2n) is 9.93. The first-order valence-electron chi connectivity index (χ1n) is 12.5. The first kappa shape index (κ1) is 24.7. The highest BCUT2D eigenvalue weighted by Crippen LogP contribution is 2.32. The minimum atomic E-state index is -0.336. The van der Waals surface area contributed by atoms with Crippen LogP contribution in [0.4, 0.5) is 0 Å². The van der Waals surface area contributed by atoms with Crippen molar-refractivity contribution in [1.29, 1.82) is 0 Å². The number of likely N-dealkylation sites (N-methyl/N-ethyl adjacent to an activating group) is 1. The van der Waals surface area contributed by atoms with Crippen LogP contribution in [-0.4, -0.2) is 83.8 Å². The van der Waals surface area contributed by atoms with Crippen LogP contribution in [0.2, 0.25) is 0 Å². The predicted molar refractivity (Wildman–Crippen MR) is 128 cm³/mol. The van der Waals surface area contributed by atoms with Crippen molar-refractivity contribution in [3.05, 3.63) is 29.5 Å². The van der Waals surface area contributed by atoms with Gasteiger partial charge in [-0.1, -0.05) is 13.0 Å². The Balaban J connectivity index is 1.61. The van der Waals surface area contributed by atoms with Crippen LogP contribution in [0, 0.1) is 11.8 Å². The smallest absolute Gasteiger partial charge is 0.259 e. The molecule has 8 nitrogen and oxygen atoms in total. The van der Waals surface area contributed by atoms with E-state index in [0.717, 1.165) is 37.7 Å². The van der Waals surface area contributed by atoms with E-state index < -0.39 is 0 Å². The number of amides is 2. The van der Waals surface area contributed by atoms with Crippen LogP contribution in [0.1, 0.15) is 61.9 Å². The molecule has 3 heterocycles. The van der Waals surface area contributed by atoms with Gasteiger partial charge in [0.1, 0.15) is 11.7 Å². The number of rotatable bonds is 6. The van der Waals surface area contributed by atoms with Crippen molar-refractivity contribution in [2.24, 2.45) is 11.8 Å². The molecule has 1 N–H and O–H groups in total. The summed E-state index contributed by atoms with van der Waals surface area (Å²) in [6.07, 6.45) is 8.25. The zero-order valence-corrected chi connectivity index (χ0v) is 20.5. The summed E-state index contributed by atoms with van der Waals surface area (Å²) in [5.74, 6) is 0.139. The number of aliphatic hydroxyl groups is 1. The lowest BCUT2D eigenvalue weighted by molar-refractivity contribution is -0.138. The number of fused-ring (bicyclic) bond motifs is 1. The molecule has 0 aromatic carbocycles. The summed E-state index contributed by atoms with van der Waals surface area (Å²) in [6.45, 7) is 5.81. The fourth-order valence-corrected chi connectivity index (χ4v) is 5.04. The van der Waals surface area contributed by atoms with Crippen molar-refractivity contribution in [2.45, 2.75) is 58.1 Å². The third-order valence-corrected chi connectivity index (χ3v) is 7.33. The topological polar surface area (TPSA) is 92.2 Å². The number of pyridine rings is 1. The third kappa shape index (κ3) is 5.28. The van der Waals surface area contributed by atoms with Crippen LogP contribution in [0.25, 0.3) is 5.57 Å². The van der Waals surface area contributed by atoms with E-state index in [1.54, 1.807) is 16.0 Å². The van der Waals surface area contributed by atoms with Gasteiger partial charge in [-0.25, -0.2) is 4.98 Å². The lowest BCUT2D eigenvalue weighted by Crippen LogP contribution is -2.51. The first-order valence-corrected chi connectivity index (χ1v) is 12.5. The summed E-state index contributed by atoms with van der Waals surface area (Å²) >= 11 is 0. The van der Waals surface area contributed by atoms with E-state index in [1.807, 2.05) is 27.0 Å². The number of aliphatic hydroxyl groups excluding tert-OH is 1. The van der Waals surface area contributed by atoms with Crippen LogP contribution >= 0.6 is 0 Å². The Morgan fingerprint density at radius 1 is 1.35 bits per heavy atom. The van der Waals surface area contributed by atoms with Gasteiger partial charge in [0, 0.05) is 44.8 Å². The Morgan fingerprint density at radius 2 is 2.12 bits per heavy atom.